The van der Waals surface area contributed by atoms with E-state index in [1.54, 1.807) is 0 Å². The molecule has 524 valence electrons. The number of hydrogen-bond donors (Lipinski definition) is 1. The highest BCUT2D eigenvalue weighted by molar-refractivity contribution is 7.47. The van der Waals surface area contributed by atoms with E-state index in [2.05, 4.69) is 26.0 Å². The zero-order valence-corrected chi connectivity index (χ0v) is 60.9. The molecule has 0 spiro atoms. The monoisotopic (exact) mass is 1270 g/mol. The fourth-order valence-corrected chi connectivity index (χ4v) is 13.0. The van der Waals surface area contributed by atoms with Gasteiger partial charge in [0.1, 0.15) is 19.8 Å². The molecule has 1 N–H and O–H groups in total. The number of rotatable bonds is 75. The Kier molecular flexibility index (Phi) is 69.1. The molecule has 0 heterocycles. The molecular formula is C78H155NO8P+. The van der Waals surface area contributed by atoms with Crippen LogP contribution in [0.25, 0.3) is 0 Å². The maximum absolute atomic E-state index is 12.9. The van der Waals surface area contributed by atoms with Crippen LogP contribution in [0.15, 0.2) is 12.2 Å². The van der Waals surface area contributed by atoms with Crippen LogP contribution in [0, 0.1) is 0 Å². The summed E-state index contributed by atoms with van der Waals surface area (Å²) < 4.78 is 34.8. The second-order valence-electron chi connectivity index (χ2n) is 28.5. The van der Waals surface area contributed by atoms with Gasteiger partial charge >= 0.3 is 19.8 Å². The number of phosphoric acid groups is 1. The van der Waals surface area contributed by atoms with Crippen molar-refractivity contribution in [3.8, 4) is 0 Å². The van der Waals surface area contributed by atoms with E-state index in [9.17, 15) is 19.0 Å². The molecule has 9 nitrogen and oxygen atoms in total. The minimum Gasteiger partial charge on any atom is -0.462 e. The summed E-state index contributed by atoms with van der Waals surface area (Å²) in [5.74, 6) is -0.767. The summed E-state index contributed by atoms with van der Waals surface area (Å²) >= 11 is 0. The number of carbonyl (C=O) groups excluding carboxylic acids is 2. The first kappa shape index (κ1) is 86.8. The van der Waals surface area contributed by atoms with E-state index in [0.29, 0.717) is 17.4 Å². The lowest BCUT2D eigenvalue weighted by Crippen LogP contribution is -2.37. The van der Waals surface area contributed by atoms with Gasteiger partial charge in [0.05, 0.1) is 27.7 Å². The Morgan fingerprint density at radius 2 is 0.580 bits per heavy atom. The molecule has 0 saturated heterocycles. The molecular weight excluding hydrogens is 1110 g/mol. The van der Waals surface area contributed by atoms with Crippen LogP contribution in [0.2, 0.25) is 0 Å². The van der Waals surface area contributed by atoms with Crippen molar-refractivity contribution in [2.45, 2.75) is 431 Å². The van der Waals surface area contributed by atoms with E-state index < -0.39 is 26.5 Å². The van der Waals surface area contributed by atoms with Gasteiger partial charge in [-0.3, -0.25) is 18.6 Å². The number of allylic oxidation sites excluding steroid dienone is 2. The largest absolute Gasteiger partial charge is 0.472 e. The van der Waals surface area contributed by atoms with Crippen LogP contribution in [-0.4, -0.2) is 74.9 Å². The number of hydrogen-bond acceptors (Lipinski definition) is 7. The Bertz CT molecular complexity index is 1490. The highest BCUT2D eigenvalue weighted by Gasteiger charge is 2.27. The summed E-state index contributed by atoms with van der Waals surface area (Å²) in [6.45, 7) is 4.53. The summed E-state index contributed by atoms with van der Waals surface area (Å²) in [5.41, 5.74) is 0. The van der Waals surface area contributed by atoms with Crippen molar-refractivity contribution in [1.29, 1.82) is 0 Å². The van der Waals surface area contributed by atoms with Gasteiger partial charge in [0.25, 0.3) is 0 Å². The maximum atomic E-state index is 12.9. The minimum atomic E-state index is -4.39. The molecule has 2 atom stereocenters. The van der Waals surface area contributed by atoms with Crippen molar-refractivity contribution in [2.24, 2.45) is 0 Å². The second-order valence-corrected chi connectivity index (χ2v) is 29.9. The molecule has 0 aliphatic heterocycles. The van der Waals surface area contributed by atoms with Gasteiger partial charge in [0.2, 0.25) is 0 Å². The molecule has 0 rings (SSSR count). The van der Waals surface area contributed by atoms with E-state index in [1.165, 1.54) is 360 Å². The van der Waals surface area contributed by atoms with Crippen LogP contribution < -0.4 is 0 Å². The van der Waals surface area contributed by atoms with Gasteiger partial charge in [-0.1, -0.05) is 386 Å². The van der Waals surface area contributed by atoms with E-state index in [-0.39, 0.29) is 25.6 Å². The predicted octanol–water partition coefficient (Wildman–Crippen LogP) is 25.8. The van der Waals surface area contributed by atoms with Crippen LogP contribution in [0.3, 0.4) is 0 Å². The smallest absolute Gasteiger partial charge is 0.462 e. The Morgan fingerprint density at radius 1 is 0.341 bits per heavy atom. The highest BCUT2D eigenvalue weighted by atomic mass is 31.2. The first-order valence-electron chi connectivity index (χ1n) is 39.4. The van der Waals surface area contributed by atoms with Gasteiger partial charge in [-0.15, -0.1) is 0 Å². The van der Waals surface area contributed by atoms with Crippen molar-refractivity contribution >= 4 is 19.8 Å². The average molecular weight is 1270 g/mol. The zero-order valence-electron chi connectivity index (χ0n) is 60.0. The number of nitrogens with zero attached hydrogens (tertiary/aromatic N) is 1. The first-order valence-corrected chi connectivity index (χ1v) is 40.9. The predicted molar refractivity (Wildman–Crippen MR) is 381 cm³/mol. The lowest BCUT2D eigenvalue weighted by atomic mass is 10.0. The lowest BCUT2D eigenvalue weighted by Gasteiger charge is -2.24. The molecule has 2 unspecified atom stereocenters. The number of phosphoric ester groups is 1. The minimum absolute atomic E-state index is 0.0369. The molecule has 88 heavy (non-hydrogen) atoms. The molecule has 0 aromatic carbocycles. The topological polar surface area (TPSA) is 108 Å². The fourth-order valence-electron chi connectivity index (χ4n) is 12.3. The number of likely N-dealkylation sites (N-methyl/N-ethyl adjacent to an activating group) is 1. The van der Waals surface area contributed by atoms with Crippen molar-refractivity contribution < 1.29 is 42.1 Å². The van der Waals surface area contributed by atoms with Crippen LogP contribution in [0.5, 0.6) is 0 Å². The normalized spacial score (nSPS) is 13.0. The summed E-state index contributed by atoms with van der Waals surface area (Å²) in [4.78, 5) is 36.0. The zero-order chi connectivity index (χ0) is 64.1. The Labute approximate surface area is 549 Å². The first-order chi connectivity index (χ1) is 43.0. The van der Waals surface area contributed by atoms with Crippen molar-refractivity contribution in [1.82, 2.24) is 0 Å². The molecule has 0 saturated carbocycles. The SMILES string of the molecule is CCCCCCCCCC/C=C\CCCCCCCCCCCCCCCCCCCCCCCC(=O)OC(COC(=O)CCCCCCCCCCCCCCCCCCCCCCCCCCCCCCCCC)COP(=O)(O)OCC[N+](C)(C)C. The van der Waals surface area contributed by atoms with E-state index in [4.69, 9.17) is 18.5 Å². The number of unbranched alkanes of at least 4 members (excludes halogenated alkanes) is 59. The Hall–Kier alpha value is -1.25. The van der Waals surface area contributed by atoms with Crippen LogP contribution >= 0.6 is 7.82 Å². The van der Waals surface area contributed by atoms with Gasteiger partial charge in [0.15, 0.2) is 6.10 Å². The second kappa shape index (κ2) is 70.1. The number of esters is 2. The van der Waals surface area contributed by atoms with Crippen LogP contribution in [0.4, 0.5) is 0 Å². The summed E-state index contributed by atoms with van der Waals surface area (Å²) in [5, 5.41) is 0. The molecule has 0 radical (unpaired) electrons. The summed E-state index contributed by atoms with van der Waals surface area (Å²) in [6, 6.07) is 0. The average Bonchev–Trinajstić information content (AvgIpc) is 3.56. The number of carbonyl (C=O) groups is 2. The van der Waals surface area contributed by atoms with Gasteiger partial charge in [-0.2, -0.15) is 0 Å². The van der Waals surface area contributed by atoms with Gasteiger partial charge in [-0.05, 0) is 38.5 Å². The molecule has 0 aromatic heterocycles. The quantitative estimate of drug-likeness (QED) is 0.0211. The number of ether oxygens (including phenoxy) is 2. The molecule has 0 amide bonds. The molecule has 0 bridgehead atoms. The third-order valence-electron chi connectivity index (χ3n) is 18.3. The molecule has 10 heteroatoms. The molecule has 0 fully saturated rings. The number of quaternary nitrogens is 1. The lowest BCUT2D eigenvalue weighted by molar-refractivity contribution is -0.870. The molecule has 0 aliphatic carbocycles. The third kappa shape index (κ3) is 73.8. The molecule has 0 aromatic rings. The summed E-state index contributed by atoms with van der Waals surface area (Å²) in [6.07, 6.45) is 87.9. The van der Waals surface area contributed by atoms with E-state index in [1.807, 2.05) is 21.1 Å². The van der Waals surface area contributed by atoms with Gasteiger partial charge in [-0.25, -0.2) is 4.57 Å². The van der Waals surface area contributed by atoms with Crippen molar-refractivity contribution in [3.63, 3.8) is 0 Å². The Balaban J connectivity index is 3.91. The van der Waals surface area contributed by atoms with Gasteiger partial charge < -0.3 is 18.9 Å². The van der Waals surface area contributed by atoms with Crippen molar-refractivity contribution in [2.75, 3.05) is 47.5 Å². The maximum Gasteiger partial charge on any atom is 0.472 e. The highest BCUT2D eigenvalue weighted by Crippen LogP contribution is 2.43. The van der Waals surface area contributed by atoms with Crippen LogP contribution in [0.1, 0.15) is 425 Å². The van der Waals surface area contributed by atoms with E-state index >= 15 is 0 Å². The standard InChI is InChI=1S/C78H154NO8P/c1-6-8-10-12-14-16-18-20-22-24-26-28-30-32-34-36-38-39-41-43-45-47-49-51-53-55-57-59-61-63-65-67-69-71-78(81)87-76(75-86-88(82,83)85-73-72-79(3,4)5)74-84-77(80)70-68-66-64-62-60-58-56-54-52-50-48-46-44-42-40-37-35-33-31-29-27-25-23-21-19-17-15-13-11-9-7-2/h24,26,76H,6-23,25,27-75H2,1-5H3/p+1/b26-24-. The Morgan fingerprint density at radius 3 is 0.841 bits per heavy atom. The summed E-state index contributed by atoms with van der Waals surface area (Å²) in [7, 11) is 1.51. The fraction of sp³-hybridized carbons (Fsp3) is 0.949. The van der Waals surface area contributed by atoms with Gasteiger partial charge in [0, 0.05) is 12.8 Å². The van der Waals surface area contributed by atoms with Crippen LogP contribution in [-0.2, 0) is 32.7 Å². The van der Waals surface area contributed by atoms with E-state index in [0.717, 1.165) is 38.5 Å². The van der Waals surface area contributed by atoms with Crippen molar-refractivity contribution in [3.05, 3.63) is 12.2 Å². The third-order valence-corrected chi connectivity index (χ3v) is 19.3. The molecule has 0 aliphatic rings.